The number of amides is 2. The SMILES string of the molecule is CCc1ccccc1NC(=O)C(=O)N/N=C\c1cccc(OCc2cccc(F)c2)c1. The summed E-state index contributed by atoms with van der Waals surface area (Å²) in [5.41, 5.74) is 5.11. The summed E-state index contributed by atoms with van der Waals surface area (Å²) in [7, 11) is 0. The van der Waals surface area contributed by atoms with E-state index < -0.39 is 11.8 Å². The topological polar surface area (TPSA) is 79.8 Å². The molecular weight excluding hydrogens is 397 g/mol. The first kappa shape index (κ1) is 21.7. The molecular formula is C24H22FN3O3. The number of hydrazone groups is 1. The molecule has 31 heavy (non-hydrogen) atoms. The summed E-state index contributed by atoms with van der Waals surface area (Å²) in [6, 6.07) is 20.5. The van der Waals surface area contributed by atoms with Crippen LogP contribution in [0.4, 0.5) is 10.1 Å². The second kappa shape index (κ2) is 10.7. The molecule has 0 aliphatic rings. The van der Waals surface area contributed by atoms with Crippen molar-refractivity contribution < 1.29 is 18.7 Å². The highest BCUT2D eigenvalue weighted by Gasteiger charge is 2.14. The molecule has 0 aliphatic carbocycles. The average Bonchev–Trinajstić information content (AvgIpc) is 2.78. The molecule has 0 radical (unpaired) electrons. The number of nitrogens with zero attached hydrogens (tertiary/aromatic N) is 1. The highest BCUT2D eigenvalue weighted by Crippen LogP contribution is 2.16. The van der Waals surface area contributed by atoms with Gasteiger partial charge in [-0.1, -0.05) is 49.4 Å². The van der Waals surface area contributed by atoms with Gasteiger partial charge in [-0.2, -0.15) is 5.10 Å². The molecule has 0 atom stereocenters. The van der Waals surface area contributed by atoms with Gasteiger partial charge in [0, 0.05) is 5.69 Å². The van der Waals surface area contributed by atoms with E-state index in [-0.39, 0.29) is 12.4 Å². The Balaban J connectivity index is 1.53. The Morgan fingerprint density at radius 2 is 1.81 bits per heavy atom. The number of carbonyl (C=O) groups excluding carboxylic acids is 2. The first-order chi connectivity index (χ1) is 15.0. The fourth-order valence-corrected chi connectivity index (χ4v) is 2.82. The van der Waals surface area contributed by atoms with Gasteiger partial charge in [0.15, 0.2) is 0 Å². The normalized spacial score (nSPS) is 10.6. The number of hydrogen-bond acceptors (Lipinski definition) is 4. The minimum Gasteiger partial charge on any atom is -0.489 e. The van der Waals surface area contributed by atoms with Gasteiger partial charge in [-0.25, -0.2) is 9.82 Å². The fraction of sp³-hybridized carbons (Fsp3) is 0.125. The van der Waals surface area contributed by atoms with E-state index in [2.05, 4.69) is 15.8 Å². The monoisotopic (exact) mass is 419 g/mol. The Labute approximate surface area is 179 Å². The van der Waals surface area contributed by atoms with Crippen LogP contribution in [0.25, 0.3) is 0 Å². The van der Waals surface area contributed by atoms with E-state index >= 15 is 0 Å². The van der Waals surface area contributed by atoms with Crippen molar-refractivity contribution >= 4 is 23.7 Å². The predicted molar refractivity (Wildman–Crippen MR) is 117 cm³/mol. The summed E-state index contributed by atoms with van der Waals surface area (Å²) < 4.78 is 18.9. The molecule has 0 bridgehead atoms. The molecule has 0 aromatic heterocycles. The van der Waals surface area contributed by atoms with E-state index in [1.54, 1.807) is 48.5 Å². The predicted octanol–water partition coefficient (Wildman–Crippen LogP) is 4.06. The number of anilines is 1. The van der Waals surface area contributed by atoms with Gasteiger partial charge in [-0.15, -0.1) is 0 Å². The quantitative estimate of drug-likeness (QED) is 0.344. The van der Waals surface area contributed by atoms with Gasteiger partial charge < -0.3 is 10.1 Å². The molecule has 0 heterocycles. The van der Waals surface area contributed by atoms with Crippen LogP contribution in [0.2, 0.25) is 0 Å². The highest BCUT2D eigenvalue weighted by molar-refractivity contribution is 6.39. The van der Waals surface area contributed by atoms with Gasteiger partial charge in [0.25, 0.3) is 0 Å². The molecule has 0 unspecified atom stereocenters. The van der Waals surface area contributed by atoms with Crippen LogP contribution in [0.5, 0.6) is 5.75 Å². The number of ether oxygens (including phenoxy) is 1. The summed E-state index contributed by atoms with van der Waals surface area (Å²) in [5.74, 6) is -1.43. The molecule has 0 saturated carbocycles. The van der Waals surface area contributed by atoms with Crippen molar-refractivity contribution in [2.75, 3.05) is 5.32 Å². The summed E-state index contributed by atoms with van der Waals surface area (Å²) in [6.07, 6.45) is 2.13. The summed E-state index contributed by atoms with van der Waals surface area (Å²) >= 11 is 0. The van der Waals surface area contributed by atoms with Crippen LogP contribution in [0.1, 0.15) is 23.6 Å². The lowest BCUT2D eigenvalue weighted by Crippen LogP contribution is -2.32. The molecule has 7 heteroatoms. The Hall–Kier alpha value is -4.00. The smallest absolute Gasteiger partial charge is 0.329 e. The lowest BCUT2D eigenvalue weighted by atomic mass is 10.1. The largest absolute Gasteiger partial charge is 0.489 e. The zero-order valence-corrected chi connectivity index (χ0v) is 17.0. The van der Waals surface area contributed by atoms with Gasteiger partial charge in [0.05, 0.1) is 6.21 Å². The molecule has 2 N–H and O–H groups in total. The van der Waals surface area contributed by atoms with Crippen LogP contribution < -0.4 is 15.5 Å². The summed E-state index contributed by atoms with van der Waals surface area (Å²) in [5, 5.41) is 6.41. The first-order valence-electron chi connectivity index (χ1n) is 9.74. The Kier molecular flexibility index (Phi) is 7.48. The Morgan fingerprint density at radius 1 is 1.00 bits per heavy atom. The van der Waals surface area contributed by atoms with Crippen molar-refractivity contribution in [2.45, 2.75) is 20.0 Å². The number of aryl methyl sites for hydroxylation is 1. The van der Waals surface area contributed by atoms with Crippen molar-refractivity contribution in [2.24, 2.45) is 5.10 Å². The molecule has 2 amide bonds. The lowest BCUT2D eigenvalue weighted by molar-refractivity contribution is -0.136. The second-order valence-electron chi connectivity index (χ2n) is 6.66. The average molecular weight is 419 g/mol. The summed E-state index contributed by atoms with van der Waals surface area (Å²) in [4.78, 5) is 24.1. The number of benzene rings is 3. The van der Waals surface area contributed by atoms with Crippen LogP contribution in [-0.2, 0) is 22.6 Å². The standard InChI is InChI=1S/C24H22FN3O3/c1-2-19-9-3-4-12-22(19)27-23(29)24(30)28-26-15-17-7-6-11-21(14-17)31-16-18-8-5-10-20(25)13-18/h3-15H,2,16H2,1H3,(H,27,29)(H,28,30)/b26-15-. The van der Waals surface area contributed by atoms with E-state index in [1.807, 2.05) is 19.1 Å². The molecule has 0 spiro atoms. The van der Waals surface area contributed by atoms with Crippen LogP contribution in [0.3, 0.4) is 0 Å². The maximum Gasteiger partial charge on any atom is 0.329 e. The van der Waals surface area contributed by atoms with Crippen LogP contribution in [0.15, 0.2) is 77.9 Å². The highest BCUT2D eigenvalue weighted by atomic mass is 19.1. The molecule has 3 rings (SSSR count). The van der Waals surface area contributed by atoms with Gasteiger partial charge >= 0.3 is 11.8 Å². The molecule has 0 fully saturated rings. The number of para-hydroxylation sites is 1. The van der Waals surface area contributed by atoms with E-state index in [4.69, 9.17) is 4.74 Å². The molecule has 3 aromatic rings. The van der Waals surface area contributed by atoms with Crippen molar-refractivity contribution in [1.29, 1.82) is 0 Å². The van der Waals surface area contributed by atoms with Crippen LogP contribution >= 0.6 is 0 Å². The van der Waals surface area contributed by atoms with E-state index in [1.165, 1.54) is 18.3 Å². The molecule has 6 nitrogen and oxygen atoms in total. The molecule has 0 aliphatic heterocycles. The number of halogens is 1. The zero-order valence-electron chi connectivity index (χ0n) is 17.0. The molecule has 0 saturated heterocycles. The van der Waals surface area contributed by atoms with Crippen molar-refractivity contribution in [3.8, 4) is 5.75 Å². The van der Waals surface area contributed by atoms with Gasteiger partial charge in [-0.3, -0.25) is 9.59 Å². The van der Waals surface area contributed by atoms with Gasteiger partial charge in [0.1, 0.15) is 18.2 Å². The second-order valence-corrected chi connectivity index (χ2v) is 6.66. The van der Waals surface area contributed by atoms with E-state index in [0.717, 1.165) is 12.0 Å². The van der Waals surface area contributed by atoms with Crippen molar-refractivity contribution in [1.82, 2.24) is 5.43 Å². The van der Waals surface area contributed by atoms with Gasteiger partial charge in [-0.05, 0) is 53.4 Å². The lowest BCUT2D eigenvalue weighted by Gasteiger charge is -2.08. The molecule has 158 valence electrons. The fourth-order valence-electron chi connectivity index (χ4n) is 2.82. The van der Waals surface area contributed by atoms with Crippen LogP contribution in [-0.4, -0.2) is 18.0 Å². The van der Waals surface area contributed by atoms with Crippen molar-refractivity contribution in [3.05, 3.63) is 95.3 Å². The van der Waals surface area contributed by atoms with Crippen molar-refractivity contribution in [3.63, 3.8) is 0 Å². The van der Waals surface area contributed by atoms with E-state index in [0.29, 0.717) is 22.6 Å². The maximum absolute atomic E-state index is 13.2. The minimum atomic E-state index is -0.874. The van der Waals surface area contributed by atoms with Gasteiger partial charge in [0.2, 0.25) is 0 Å². The van der Waals surface area contributed by atoms with E-state index in [9.17, 15) is 14.0 Å². The third-order valence-corrected chi connectivity index (χ3v) is 4.39. The zero-order chi connectivity index (χ0) is 22.1. The maximum atomic E-state index is 13.2. The third kappa shape index (κ3) is 6.50. The number of carbonyl (C=O) groups is 2. The first-order valence-corrected chi connectivity index (χ1v) is 9.74. The van der Waals surface area contributed by atoms with Crippen LogP contribution in [0, 0.1) is 5.82 Å². The Bertz CT molecular complexity index is 1100. The molecule has 3 aromatic carbocycles. The number of rotatable bonds is 7. The Morgan fingerprint density at radius 3 is 2.61 bits per heavy atom. The summed E-state index contributed by atoms with van der Waals surface area (Å²) in [6.45, 7) is 2.18. The third-order valence-electron chi connectivity index (χ3n) is 4.39. The minimum absolute atomic E-state index is 0.217. The number of nitrogens with one attached hydrogen (secondary N) is 2. The number of hydrogen-bond donors (Lipinski definition) is 2.